The maximum absolute atomic E-state index is 12.6. The van der Waals surface area contributed by atoms with E-state index in [-0.39, 0.29) is 18.2 Å². The summed E-state index contributed by atoms with van der Waals surface area (Å²) in [6, 6.07) is 14.1. The van der Waals surface area contributed by atoms with Gasteiger partial charge in [-0.2, -0.15) is 8.78 Å². The molecule has 0 aliphatic carbocycles. The summed E-state index contributed by atoms with van der Waals surface area (Å²) in [6.07, 6.45) is 0.415. The van der Waals surface area contributed by atoms with Gasteiger partial charge in [-0.15, -0.1) is 0 Å². The summed E-state index contributed by atoms with van der Waals surface area (Å²) < 4.78 is 34.8. The van der Waals surface area contributed by atoms with Gasteiger partial charge >= 0.3 is 6.61 Å². The predicted octanol–water partition coefficient (Wildman–Crippen LogP) is 3.05. The molecule has 0 atom stereocenters. The highest BCUT2D eigenvalue weighted by Gasteiger charge is 2.12. The Bertz CT molecular complexity index is 696. The number of amides is 1. The Hall–Kier alpha value is -2.51. The van der Waals surface area contributed by atoms with Gasteiger partial charge in [0, 0.05) is 31.3 Å². The largest absolute Gasteiger partial charge is 0.435 e. The molecule has 2 aromatic carbocycles. The van der Waals surface area contributed by atoms with Crippen LogP contribution in [0.3, 0.4) is 0 Å². The van der Waals surface area contributed by atoms with Crippen LogP contribution >= 0.6 is 0 Å². The number of hydrogen-bond acceptors (Lipinski definition) is 4. The number of anilines is 1. The molecule has 0 saturated carbocycles. The lowest BCUT2D eigenvalue weighted by Crippen LogP contribution is -2.30. The molecule has 2 N–H and O–H groups in total. The predicted molar refractivity (Wildman–Crippen MR) is 95.7 cm³/mol. The first-order valence-corrected chi connectivity index (χ1v) is 8.19. The number of alkyl halides is 2. The Morgan fingerprint density at radius 1 is 1.15 bits per heavy atom. The van der Waals surface area contributed by atoms with Gasteiger partial charge in [-0.1, -0.05) is 30.3 Å². The lowest BCUT2D eigenvalue weighted by atomic mass is 10.0. The number of methoxy groups -OCH3 is 1. The van der Waals surface area contributed by atoms with E-state index in [9.17, 15) is 13.6 Å². The second kappa shape index (κ2) is 10.5. The summed E-state index contributed by atoms with van der Waals surface area (Å²) in [5.41, 5.74) is 2.05. The van der Waals surface area contributed by atoms with Crippen molar-refractivity contribution in [1.29, 1.82) is 0 Å². The van der Waals surface area contributed by atoms with Crippen molar-refractivity contribution < 1.29 is 23.0 Å². The fraction of sp³-hybridized carbons (Fsp3) is 0.316. The van der Waals surface area contributed by atoms with Crippen LogP contribution in [0.25, 0.3) is 0 Å². The molecule has 0 unspecified atom stereocenters. The Labute approximate surface area is 151 Å². The van der Waals surface area contributed by atoms with E-state index in [1.54, 1.807) is 19.2 Å². The molecule has 0 aliphatic heterocycles. The van der Waals surface area contributed by atoms with Gasteiger partial charge in [-0.25, -0.2) is 0 Å². The fourth-order valence-electron chi connectivity index (χ4n) is 2.40. The van der Waals surface area contributed by atoms with Crippen LogP contribution in [-0.4, -0.2) is 39.3 Å². The summed E-state index contributed by atoms with van der Waals surface area (Å²) in [6.45, 7) is -1.71. The van der Waals surface area contributed by atoms with E-state index in [0.29, 0.717) is 30.8 Å². The van der Waals surface area contributed by atoms with Gasteiger partial charge < -0.3 is 20.1 Å². The molecular weight excluding hydrogens is 342 g/mol. The number of carbonyl (C=O) groups excluding carboxylic acids is 1. The van der Waals surface area contributed by atoms with E-state index in [0.717, 1.165) is 5.56 Å². The molecular formula is C19H22F2N2O3. The smallest absolute Gasteiger partial charge is 0.387 e. The van der Waals surface area contributed by atoms with Crippen molar-refractivity contribution in [2.24, 2.45) is 0 Å². The molecule has 0 aliphatic rings. The van der Waals surface area contributed by atoms with E-state index >= 15 is 0 Å². The zero-order chi connectivity index (χ0) is 18.8. The highest BCUT2D eigenvalue weighted by Crippen LogP contribution is 2.27. The van der Waals surface area contributed by atoms with E-state index in [1.165, 1.54) is 6.07 Å². The zero-order valence-corrected chi connectivity index (χ0v) is 14.5. The molecule has 2 aromatic rings. The first kappa shape index (κ1) is 19.8. The fourth-order valence-corrected chi connectivity index (χ4v) is 2.40. The van der Waals surface area contributed by atoms with Crippen molar-refractivity contribution >= 4 is 11.6 Å². The van der Waals surface area contributed by atoms with Crippen molar-refractivity contribution in [1.82, 2.24) is 5.32 Å². The van der Waals surface area contributed by atoms with Gasteiger partial charge in [0.1, 0.15) is 5.75 Å². The SMILES string of the molecule is COCCNCC(=O)Nc1ccc(OC(F)F)c(Cc2ccccc2)c1. The number of benzene rings is 2. The molecule has 2 rings (SSSR count). The first-order valence-electron chi connectivity index (χ1n) is 8.19. The van der Waals surface area contributed by atoms with Crippen molar-refractivity contribution in [2.75, 3.05) is 32.1 Å². The molecule has 0 spiro atoms. The van der Waals surface area contributed by atoms with Crippen LogP contribution in [0.15, 0.2) is 48.5 Å². The Balaban J connectivity index is 2.08. The van der Waals surface area contributed by atoms with Gasteiger partial charge in [0.25, 0.3) is 0 Å². The molecule has 0 saturated heterocycles. The molecule has 0 aromatic heterocycles. The van der Waals surface area contributed by atoms with E-state index in [1.807, 2.05) is 30.3 Å². The number of nitrogens with one attached hydrogen (secondary N) is 2. The number of rotatable bonds is 10. The molecule has 0 bridgehead atoms. The van der Waals surface area contributed by atoms with E-state index < -0.39 is 6.61 Å². The molecule has 7 heteroatoms. The van der Waals surface area contributed by atoms with Crippen LogP contribution in [0.1, 0.15) is 11.1 Å². The van der Waals surface area contributed by atoms with Crippen molar-refractivity contribution in [2.45, 2.75) is 13.0 Å². The van der Waals surface area contributed by atoms with Gasteiger partial charge in [0.2, 0.25) is 5.91 Å². The van der Waals surface area contributed by atoms with Gasteiger partial charge in [0.15, 0.2) is 0 Å². The summed E-state index contributed by atoms with van der Waals surface area (Å²) in [7, 11) is 1.58. The molecule has 140 valence electrons. The van der Waals surface area contributed by atoms with Crippen molar-refractivity contribution in [3.05, 3.63) is 59.7 Å². The van der Waals surface area contributed by atoms with Gasteiger partial charge in [-0.05, 0) is 23.8 Å². The third-order valence-corrected chi connectivity index (χ3v) is 3.57. The van der Waals surface area contributed by atoms with Crippen LogP contribution in [0.4, 0.5) is 14.5 Å². The second-order valence-corrected chi connectivity index (χ2v) is 5.58. The Morgan fingerprint density at radius 3 is 2.62 bits per heavy atom. The number of ether oxygens (including phenoxy) is 2. The second-order valence-electron chi connectivity index (χ2n) is 5.58. The van der Waals surface area contributed by atoms with Gasteiger partial charge in [0.05, 0.1) is 13.2 Å². The lowest BCUT2D eigenvalue weighted by Gasteiger charge is -2.14. The highest BCUT2D eigenvalue weighted by atomic mass is 19.3. The highest BCUT2D eigenvalue weighted by molar-refractivity contribution is 5.92. The van der Waals surface area contributed by atoms with Crippen molar-refractivity contribution in [3.63, 3.8) is 0 Å². The Morgan fingerprint density at radius 2 is 1.92 bits per heavy atom. The maximum Gasteiger partial charge on any atom is 0.387 e. The third-order valence-electron chi connectivity index (χ3n) is 3.57. The average Bonchev–Trinajstić information content (AvgIpc) is 2.61. The number of hydrogen-bond donors (Lipinski definition) is 2. The Kier molecular flexibility index (Phi) is 7.98. The minimum absolute atomic E-state index is 0.0973. The van der Waals surface area contributed by atoms with E-state index in [2.05, 4.69) is 15.4 Å². The van der Waals surface area contributed by atoms with Crippen LogP contribution in [0, 0.1) is 0 Å². The zero-order valence-electron chi connectivity index (χ0n) is 14.5. The molecule has 0 fully saturated rings. The molecule has 26 heavy (non-hydrogen) atoms. The summed E-state index contributed by atoms with van der Waals surface area (Å²) in [5.74, 6) is -0.130. The summed E-state index contributed by atoms with van der Waals surface area (Å²) in [4.78, 5) is 11.9. The molecule has 0 radical (unpaired) electrons. The van der Waals surface area contributed by atoms with E-state index in [4.69, 9.17) is 4.74 Å². The normalized spacial score (nSPS) is 10.8. The minimum Gasteiger partial charge on any atom is -0.435 e. The summed E-state index contributed by atoms with van der Waals surface area (Å²) >= 11 is 0. The average molecular weight is 364 g/mol. The maximum atomic E-state index is 12.6. The lowest BCUT2D eigenvalue weighted by molar-refractivity contribution is -0.115. The van der Waals surface area contributed by atoms with Crippen LogP contribution in [0.2, 0.25) is 0 Å². The minimum atomic E-state index is -2.91. The quantitative estimate of drug-likeness (QED) is 0.636. The molecule has 5 nitrogen and oxygen atoms in total. The first-order chi connectivity index (χ1) is 12.6. The van der Waals surface area contributed by atoms with Crippen LogP contribution < -0.4 is 15.4 Å². The van der Waals surface area contributed by atoms with Gasteiger partial charge in [-0.3, -0.25) is 4.79 Å². The number of carbonyl (C=O) groups is 1. The number of halogens is 2. The molecule has 0 heterocycles. The monoisotopic (exact) mass is 364 g/mol. The third kappa shape index (κ3) is 6.78. The molecule has 1 amide bonds. The van der Waals surface area contributed by atoms with Crippen molar-refractivity contribution in [3.8, 4) is 5.75 Å². The summed E-state index contributed by atoms with van der Waals surface area (Å²) in [5, 5.41) is 5.68. The topological polar surface area (TPSA) is 59.6 Å². The van der Waals surface area contributed by atoms with Crippen LogP contribution in [-0.2, 0) is 16.0 Å². The van der Waals surface area contributed by atoms with Crippen LogP contribution in [0.5, 0.6) is 5.75 Å². The standard InChI is InChI=1S/C19H22F2N2O3/c1-25-10-9-22-13-18(24)23-16-7-8-17(26-19(20)21)15(12-16)11-14-5-3-2-4-6-14/h2-8,12,19,22H,9-11,13H2,1H3,(H,23,24).